The first-order chi connectivity index (χ1) is 13.9. The van der Waals surface area contributed by atoms with E-state index in [1.54, 1.807) is 6.20 Å². The van der Waals surface area contributed by atoms with Crippen LogP contribution < -0.4 is 5.32 Å². The lowest BCUT2D eigenvalue weighted by Gasteiger charge is -2.09. The van der Waals surface area contributed by atoms with E-state index in [0.717, 1.165) is 0 Å². The molecule has 1 heterocycles. The summed E-state index contributed by atoms with van der Waals surface area (Å²) in [5.74, 6) is -2.48. The maximum absolute atomic E-state index is 12.4. The number of carboxylic acid groups (broad SMARTS) is 2. The Bertz CT molecular complexity index is 868. The average Bonchev–Trinajstić information content (AvgIpc) is 3.17. The highest BCUT2D eigenvalue weighted by molar-refractivity contribution is 5.98. The molecule has 0 aliphatic carbocycles. The van der Waals surface area contributed by atoms with E-state index in [9.17, 15) is 23.9 Å². The van der Waals surface area contributed by atoms with Crippen molar-refractivity contribution in [2.75, 3.05) is 13.2 Å². The number of rotatable bonds is 12. The third-order valence-corrected chi connectivity index (χ3v) is 4.15. The molecule has 1 aromatic carbocycles. The van der Waals surface area contributed by atoms with Crippen LogP contribution in [0, 0.1) is 0 Å². The molecule has 0 atom stereocenters. The summed E-state index contributed by atoms with van der Waals surface area (Å²) >= 11 is 0. The zero-order valence-corrected chi connectivity index (χ0v) is 15.8. The van der Waals surface area contributed by atoms with Gasteiger partial charge in [0, 0.05) is 18.5 Å². The molecule has 0 aliphatic heterocycles. The zero-order chi connectivity index (χ0) is 21.2. The van der Waals surface area contributed by atoms with Crippen LogP contribution in [0.15, 0.2) is 24.4 Å². The van der Waals surface area contributed by atoms with E-state index in [2.05, 4.69) is 15.6 Å². The second-order valence-corrected chi connectivity index (χ2v) is 6.48. The van der Waals surface area contributed by atoms with Crippen molar-refractivity contribution < 1.29 is 29.0 Å². The van der Waals surface area contributed by atoms with Gasteiger partial charge in [0.25, 0.3) is 5.91 Å². The Balaban J connectivity index is 2.07. The normalized spacial score (nSPS) is 10.7. The first kappa shape index (κ1) is 22.0. The van der Waals surface area contributed by atoms with E-state index in [0.29, 0.717) is 50.0 Å². The molecule has 0 spiro atoms. The molecule has 0 saturated carbocycles. The van der Waals surface area contributed by atoms with Crippen LogP contribution >= 0.6 is 0 Å². The third kappa shape index (κ3) is 6.98. The fraction of sp³-hybridized carbons (Fsp3) is 0.421. The summed E-state index contributed by atoms with van der Waals surface area (Å²) in [5.41, 5.74) is 1.01. The number of hydrogen-bond acceptors (Lipinski definition) is 5. The summed E-state index contributed by atoms with van der Waals surface area (Å²) in [7, 11) is 0. The number of alkyl halides is 1. The maximum atomic E-state index is 12.4. The molecule has 2 aromatic rings. The number of carbonyl (C=O) groups excluding carboxylic acids is 1. The number of aliphatic carboxylic acids is 1. The molecule has 0 radical (unpaired) electrons. The van der Waals surface area contributed by atoms with Gasteiger partial charge in [0.15, 0.2) is 0 Å². The molecule has 3 N–H and O–H groups in total. The zero-order valence-electron chi connectivity index (χ0n) is 15.8. The Hall–Kier alpha value is -3.30. The monoisotopic (exact) mass is 406 g/mol. The quantitative estimate of drug-likeness (QED) is 0.460. The molecule has 0 saturated heterocycles. The molecular formula is C19H23FN4O5. The Kier molecular flexibility index (Phi) is 8.26. The lowest BCUT2D eigenvalue weighted by Crippen LogP contribution is -2.25. The first-order valence-electron chi connectivity index (χ1n) is 9.26. The highest BCUT2D eigenvalue weighted by atomic mass is 19.1. The van der Waals surface area contributed by atoms with Gasteiger partial charge in [-0.25, -0.2) is 9.48 Å². The van der Waals surface area contributed by atoms with Crippen molar-refractivity contribution in [3.8, 4) is 5.69 Å². The molecule has 29 heavy (non-hydrogen) atoms. The van der Waals surface area contributed by atoms with Gasteiger partial charge in [0.2, 0.25) is 0 Å². The molecule has 0 fully saturated rings. The van der Waals surface area contributed by atoms with Gasteiger partial charge in [-0.1, -0.05) is 11.6 Å². The molecule has 0 unspecified atom stereocenters. The van der Waals surface area contributed by atoms with Crippen LogP contribution in [-0.4, -0.2) is 56.3 Å². The predicted molar refractivity (Wildman–Crippen MR) is 101 cm³/mol. The van der Waals surface area contributed by atoms with Crippen LogP contribution in [0.4, 0.5) is 4.39 Å². The molecule has 156 valence electrons. The number of amides is 1. The van der Waals surface area contributed by atoms with E-state index in [1.807, 2.05) is 0 Å². The number of benzene rings is 1. The average molecular weight is 406 g/mol. The van der Waals surface area contributed by atoms with E-state index in [4.69, 9.17) is 5.11 Å². The number of carboxylic acids is 2. The van der Waals surface area contributed by atoms with Gasteiger partial charge in [0.1, 0.15) is 0 Å². The second kappa shape index (κ2) is 10.9. The summed E-state index contributed by atoms with van der Waals surface area (Å²) in [5, 5.41) is 28.5. The van der Waals surface area contributed by atoms with Crippen molar-refractivity contribution in [1.82, 2.24) is 20.3 Å². The van der Waals surface area contributed by atoms with Crippen LogP contribution in [-0.2, 0) is 11.2 Å². The highest BCUT2D eigenvalue weighted by Gasteiger charge is 2.14. The van der Waals surface area contributed by atoms with Gasteiger partial charge in [-0.2, -0.15) is 0 Å². The Morgan fingerprint density at radius 3 is 2.48 bits per heavy atom. The van der Waals surface area contributed by atoms with Crippen LogP contribution in [0.3, 0.4) is 0 Å². The molecule has 1 amide bonds. The minimum atomic E-state index is -1.19. The van der Waals surface area contributed by atoms with Crippen molar-refractivity contribution in [3.63, 3.8) is 0 Å². The van der Waals surface area contributed by atoms with E-state index in [-0.39, 0.29) is 17.5 Å². The summed E-state index contributed by atoms with van der Waals surface area (Å²) in [4.78, 5) is 34.3. The third-order valence-electron chi connectivity index (χ3n) is 4.15. The molecule has 0 bridgehead atoms. The molecule has 1 aromatic heterocycles. The van der Waals surface area contributed by atoms with E-state index < -0.39 is 24.5 Å². The maximum Gasteiger partial charge on any atom is 0.335 e. The fourth-order valence-corrected chi connectivity index (χ4v) is 2.67. The Labute approximate surface area is 166 Å². The van der Waals surface area contributed by atoms with Crippen molar-refractivity contribution >= 4 is 17.8 Å². The minimum Gasteiger partial charge on any atom is -0.481 e. The molecular weight excluding hydrogens is 383 g/mol. The fourth-order valence-electron chi connectivity index (χ4n) is 2.67. The number of nitrogens with zero attached hydrogens (tertiary/aromatic N) is 3. The van der Waals surface area contributed by atoms with E-state index >= 15 is 0 Å². The molecule has 9 nitrogen and oxygen atoms in total. The minimum absolute atomic E-state index is 0.0742. The largest absolute Gasteiger partial charge is 0.481 e. The number of nitrogens with one attached hydrogen (secondary N) is 1. The summed E-state index contributed by atoms with van der Waals surface area (Å²) in [6, 6.07) is 4.14. The summed E-state index contributed by atoms with van der Waals surface area (Å²) in [6.45, 7) is -0.121. The molecule has 0 aliphatic rings. The van der Waals surface area contributed by atoms with Crippen molar-refractivity contribution in [2.45, 2.75) is 38.5 Å². The predicted octanol–water partition coefficient (Wildman–Crippen LogP) is 2.24. The van der Waals surface area contributed by atoms with Crippen LogP contribution in [0.2, 0.25) is 0 Å². The molecule has 2 rings (SSSR count). The number of hydrogen-bond donors (Lipinski definition) is 3. The lowest BCUT2D eigenvalue weighted by molar-refractivity contribution is -0.137. The van der Waals surface area contributed by atoms with Crippen LogP contribution in [0.1, 0.15) is 58.5 Å². The number of halogens is 1. The summed E-state index contributed by atoms with van der Waals surface area (Å²) < 4.78 is 13.7. The van der Waals surface area contributed by atoms with Gasteiger partial charge in [-0.3, -0.25) is 14.0 Å². The van der Waals surface area contributed by atoms with Crippen molar-refractivity contribution in [2.24, 2.45) is 0 Å². The van der Waals surface area contributed by atoms with Crippen LogP contribution in [0.25, 0.3) is 5.69 Å². The topological polar surface area (TPSA) is 134 Å². The van der Waals surface area contributed by atoms with Gasteiger partial charge in [0.05, 0.1) is 29.8 Å². The Morgan fingerprint density at radius 2 is 1.79 bits per heavy atom. The van der Waals surface area contributed by atoms with Gasteiger partial charge < -0.3 is 15.5 Å². The lowest BCUT2D eigenvalue weighted by atomic mass is 10.1. The summed E-state index contributed by atoms with van der Waals surface area (Å²) in [6.07, 6.45) is 4.18. The van der Waals surface area contributed by atoms with Crippen molar-refractivity contribution in [3.05, 3.63) is 41.2 Å². The first-order valence-corrected chi connectivity index (χ1v) is 9.26. The number of unbranched alkanes of at least 4 members (excludes halogenated alkanes) is 2. The van der Waals surface area contributed by atoms with Crippen molar-refractivity contribution in [1.29, 1.82) is 0 Å². The second-order valence-electron chi connectivity index (χ2n) is 6.48. The van der Waals surface area contributed by atoms with Gasteiger partial charge in [-0.05, 0) is 43.9 Å². The van der Waals surface area contributed by atoms with Crippen LogP contribution in [0.5, 0.6) is 0 Å². The van der Waals surface area contributed by atoms with Gasteiger partial charge >= 0.3 is 11.9 Å². The van der Waals surface area contributed by atoms with Gasteiger partial charge in [-0.15, -0.1) is 5.10 Å². The number of aryl methyl sites for hydroxylation is 1. The molecule has 10 heteroatoms. The smallest absolute Gasteiger partial charge is 0.335 e. The standard InChI is InChI=1S/C19H23FN4O5/c20-7-4-5-15-12-24(23-22-15)16-10-13(9-14(11-16)19(28)29)18(27)21-8-3-1-2-6-17(25)26/h9-12H,1-8H2,(H,21,27)(H,25,26)(H,28,29). The number of aromatic nitrogens is 3. The number of carbonyl (C=O) groups is 3. The highest BCUT2D eigenvalue weighted by Crippen LogP contribution is 2.15. The number of aromatic carboxylic acids is 1. The SMILES string of the molecule is O=C(O)CCCCCNC(=O)c1cc(C(=O)O)cc(-n2cc(CCCF)nn2)c1. The Morgan fingerprint density at radius 1 is 1.03 bits per heavy atom. The van der Waals surface area contributed by atoms with E-state index in [1.165, 1.54) is 22.9 Å².